The highest BCUT2D eigenvalue weighted by atomic mass is 79.9. The minimum Gasteiger partial charge on any atom is -0.375 e. The van der Waals surface area contributed by atoms with Gasteiger partial charge in [-0.3, -0.25) is 0 Å². The summed E-state index contributed by atoms with van der Waals surface area (Å²) in [5.41, 5.74) is 2.47. The fourth-order valence-corrected chi connectivity index (χ4v) is 4.56. The second kappa shape index (κ2) is 5.80. The van der Waals surface area contributed by atoms with Gasteiger partial charge in [-0.25, -0.2) is 4.39 Å². The Kier molecular flexibility index (Phi) is 3.91. The molecule has 0 aromatic heterocycles. The molecule has 0 spiro atoms. The van der Waals surface area contributed by atoms with Crippen LogP contribution in [0.1, 0.15) is 29.5 Å². The van der Waals surface area contributed by atoms with Crippen LogP contribution in [0, 0.1) is 11.7 Å². The summed E-state index contributed by atoms with van der Waals surface area (Å²) in [7, 11) is 0. The summed E-state index contributed by atoms with van der Waals surface area (Å²) < 4.78 is 15.2. The highest BCUT2D eigenvalue weighted by Crippen LogP contribution is 2.52. The van der Waals surface area contributed by atoms with Gasteiger partial charge < -0.3 is 5.32 Å². The van der Waals surface area contributed by atoms with Gasteiger partial charge in [0, 0.05) is 10.4 Å². The molecule has 118 valence electrons. The predicted octanol–water partition coefficient (Wildman–Crippen LogP) is 6.72. The molecule has 3 atom stereocenters. The molecule has 1 heterocycles. The molecule has 4 rings (SSSR count). The van der Waals surface area contributed by atoms with Crippen LogP contribution in [0.5, 0.6) is 0 Å². The number of halogens is 4. The smallest absolute Gasteiger partial charge is 0.147 e. The first kappa shape index (κ1) is 15.5. The zero-order valence-electron chi connectivity index (χ0n) is 12.0. The molecule has 2 aromatic rings. The Bertz CT molecular complexity index is 821. The molecule has 0 saturated carbocycles. The van der Waals surface area contributed by atoms with Crippen molar-refractivity contribution < 1.29 is 4.39 Å². The minimum atomic E-state index is -0.253. The molecule has 23 heavy (non-hydrogen) atoms. The van der Waals surface area contributed by atoms with Gasteiger partial charge in [0.15, 0.2) is 0 Å². The fraction of sp³-hybridized carbons (Fsp3) is 0.222. The van der Waals surface area contributed by atoms with Crippen molar-refractivity contribution in [3.63, 3.8) is 0 Å². The van der Waals surface area contributed by atoms with Gasteiger partial charge in [-0.1, -0.05) is 63.4 Å². The lowest BCUT2D eigenvalue weighted by molar-refractivity contribution is 0.420. The Balaban J connectivity index is 1.86. The second-order valence-electron chi connectivity index (χ2n) is 5.97. The molecule has 0 amide bonds. The van der Waals surface area contributed by atoms with Crippen LogP contribution in [-0.2, 0) is 0 Å². The van der Waals surface area contributed by atoms with E-state index in [-0.39, 0.29) is 17.8 Å². The van der Waals surface area contributed by atoms with Crippen LogP contribution in [0.15, 0.2) is 47.0 Å². The highest BCUT2D eigenvalue weighted by molar-refractivity contribution is 9.10. The van der Waals surface area contributed by atoms with E-state index in [1.807, 2.05) is 18.2 Å². The van der Waals surface area contributed by atoms with E-state index in [1.165, 1.54) is 6.07 Å². The summed E-state index contributed by atoms with van der Waals surface area (Å²) in [5, 5.41) is 4.43. The molecule has 0 bridgehead atoms. The fourth-order valence-electron chi connectivity index (χ4n) is 3.69. The van der Waals surface area contributed by atoms with Gasteiger partial charge in [0.05, 0.1) is 21.8 Å². The van der Waals surface area contributed by atoms with Crippen molar-refractivity contribution in [1.82, 2.24) is 0 Å². The number of fused-ring (bicyclic) bond motifs is 3. The SMILES string of the molecule is Fc1cc(Br)cc2c1N[C@H](c1cccc(Cl)c1Cl)[C@H]1CC=C[C@@H]21. The van der Waals surface area contributed by atoms with Gasteiger partial charge in [-0.05, 0) is 41.7 Å². The van der Waals surface area contributed by atoms with Crippen LogP contribution in [0.2, 0.25) is 10.0 Å². The summed E-state index contributed by atoms with van der Waals surface area (Å²) >= 11 is 16.0. The van der Waals surface area contributed by atoms with Crippen LogP contribution in [0.3, 0.4) is 0 Å². The first-order chi connectivity index (χ1) is 11.1. The second-order valence-corrected chi connectivity index (χ2v) is 7.67. The summed E-state index contributed by atoms with van der Waals surface area (Å²) in [6.07, 6.45) is 5.26. The zero-order valence-corrected chi connectivity index (χ0v) is 15.1. The third kappa shape index (κ3) is 2.50. The summed E-state index contributed by atoms with van der Waals surface area (Å²) in [6.45, 7) is 0. The molecule has 0 unspecified atom stereocenters. The van der Waals surface area contributed by atoms with Crippen molar-refractivity contribution in [2.75, 3.05) is 5.32 Å². The van der Waals surface area contributed by atoms with Gasteiger partial charge in [0.1, 0.15) is 5.82 Å². The molecule has 1 aliphatic carbocycles. The number of hydrogen-bond donors (Lipinski definition) is 1. The maximum atomic E-state index is 14.5. The summed E-state index contributed by atoms with van der Waals surface area (Å²) in [5.74, 6) is 0.224. The van der Waals surface area contributed by atoms with Crippen LogP contribution in [0.4, 0.5) is 10.1 Å². The van der Waals surface area contributed by atoms with E-state index in [9.17, 15) is 4.39 Å². The molecule has 0 fully saturated rings. The number of rotatable bonds is 1. The molecule has 0 radical (unpaired) electrons. The standard InChI is InChI=1S/C18H13BrCl2FN/c19-9-7-13-10-3-1-4-11(10)17(23-18(13)15(22)8-9)12-5-2-6-14(20)16(12)21/h1-3,5-8,10-11,17,23H,4H2/t10-,11+,17+/m1/s1. The van der Waals surface area contributed by atoms with E-state index in [1.54, 1.807) is 6.07 Å². The van der Waals surface area contributed by atoms with E-state index >= 15 is 0 Å². The Hall–Kier alpha value is -1.03. The number of nitrogens with one attached hydrogen (secondary N) is 1. The molecular weight excluding hydrogens is 400 g/mol. The highest BCUT2D eigenvalue weighted by Gasteiger charge is 2.40. The molecule has 1 aliphatic heterocycles. The van der Waals surface area contributed by atoms with Gasteiger partial charge in [-0.15, -0.1) is 0 Å². The lowest BCUT2D eigenvalue weighted by atomic mass is 9.77. The number of anilines is 1. The Labute approximate surface area is 152 Å². The lowest BCUT2D eigenvalue weighted by Gasteiger charge is -2.38. The molecular formula is C18H13BrCl2FN. The third-order valence-electron chi connectivity index (χ3n) is 4.70. The normalized spacial score (nSPS) is 25.0. The van der Waals surface area contributed by atoms with E-state index in [0.717, 1.165) is 22.0 Å². The summed E-state index contributed by atoms with van der Waals surface area (Å²) in [6, 6.07) is 9.03. The Morgan fingerprint density at radius 3 is 2.83 bits per heavy atom. The third-order valence-corrected chi connectivity index (χ3v) is 5.99. The van der Waals surface area contributed by atoms with E-state index in [0.29, 0.717) is 21.7 Å². The quantitative estimate of drug-likeness (QED) is 0.512. The van der Waals surface area contributed by atoms with Crippen molar-refractivity contribution in [3.05, 3.63) is 73.9 Å². The number of benzene rings is 2. The van der Waals surface area contributed by atoms with E-state index < -0.39 is 0 Å². The van der Waals surface area contributed by atoms with Gasteiger partial charge in [-0.2, -0.15) is 0 Å². The zero-order chi connectivity index (χ0) is 16.1. The number of hydrogen-bond acceptors (Lipinski definition) is 1. The minimum absolute atomic E-state index is 0.0654. The maximum Gasteiger partial charge on any atom is 0.147 e. The maximum absolute atomic E-state index is 14.5. The van der Waals surface area contributed by atoms with E-state index in [2.05, 4.69) is 33.4 Å². The van der Waals surface area contributed by atoms with Crippen molar-refractivity contribution in [1.29, 1.82) is 0 Å². The van der Waals surface area contributed by atoms with Gasteiger partial charge in [0.25, 0.3) is 0 Å². The average molecular weight is 413 g/mol. The van der Waals surface area contributed by atoms with Crippen molar-refractivity contribution in [2.45, 2.75) is 18.4 Å². The average Bonchev–Trinajstić information content (AvgIpc) is 3.00. The van der Waals surface area contributed by atoms with E-state index in [4.69, 9.17) is 23.2 Å². The monoisotopic (exact) mass is 411 g/mol. The molecule has 2 aliphatic rings. The first-order valence-corrected chi connectivity index (χ1v) is 8.97. The Morgan fingerprint density at radius 2 is 2.00 bits per heavy atom. The van der Waals surface area contributed by atoms with Crippen LogP contribution >= 0.6 is 39.1 Å². The lowest BCUT2D eigenvalue weighted by Crippen LogP contribution is -2.30. The van der Waals surface area contributed by atoms with Crippen molar-refractivity contribution >= 4 is 44.8 Å². The molecule has 1 N–H and O–H groups in total. The first-order valence-electron chi connectivity index (χ1n) is 7.42. The summed E-state index contributed by atoms with van der Waals surface area (Å²) in [4.78, 5) is 0. The Morgan fingerprint density at radius 1 is 1.17 bits per heavy atom. The van der Waals surface area contributed by atoms with Gasteiger partial charge >= 0.3 is 0 Å². The van der Waals surface area contributed by atoms with Crippen molar-refractivity contribution in [3.8, 4) is 0 Å². The molecule has 5 heteroatoms. The molecule has 0 saturated heterocycles. The van der Waals surface area contributed by atoms with Gasteiger partial charge in [0.2, 0.25) is 0 Å². The van der Waals surface area contributed by atoms with Crippen molar-refractivity contribution in [2.24, 2.45) is 5.92 Å². The molecule has 1 nitrogen and oxygen atoms in total. The largest absolute Gasteiger partial charge is 0.375 e. The number of allylic oxidation sites excluding steroid dienone is 2. The molecule has 2 aromatic carbocycles. The van der Waals surface area contributed by atoms with Crippen LogP contribution in [-0.4, -0.2) is 0 Å². The van der Waals surface area contributed by atoms with Crippen LogP contribution in [0.25, 0.3) is 0 Å². The van der Waals surface area contributed by atoms with Crippen LogP contribution < -0.4 is 5.32 Å². The topological polar surface area (TPSA) is 12.0 Å². The predicted molar refractivity (Wildman–Crippen MR) is 96.9 cm³/mol.